The number of nitrogens with one attached hydrogen (secondary N) is 1. The fraction of sp³-hybridized carbons (Fsp3) is 0.222. The van der Waals surface area contributed by atoms with E-state index in [9.17, 15) is 8.42 Å². The molecule has 0 aliphatic carbocycles. The maximum Gasteiger partial charge on any atom is 0.263 e. The largest absolute Gasteiger partial charge is 0.490 e. The Morgan fingerprint density at radius 2 is 1.33 bits per heavy atom. The van der Waals surface area contributed by atoms with Crippen LogP contribution in [0.2, 0.25) is 0 Å². The first-order valence-electron chi connectivity index (χ1n) is 14.7. The van der Waals surface area contributed by atoms with Crippen LogP contribution in [-0.2, 0) is 22.0 Å². The van der Waals surface area contributed by atoms with Gasteiger partial charge in [0.25, 0.3) is 10.0 Å². The topological polar surface area (TPSA) is 99.6 Å². The highest BCUT2D eigenvalue weighted by Gasteiger charge is 2.22. The van der Waals surface area contributed by atoms with Gasteiger partial charge in [0.1, 0.15) is 37.6 Å². The molecule has 4 aromatic carbocycles. The molecule has 0 bridgehead atoms. The summed E-state index contributed by atoms with van der Waals surface area (Å²) in [6, 6.07) is 31.9. The highest BCUT2D eigenvalue weighted by molar-refractivity contribution is 7.92. The van der Waals surface area contributed by atoms with Gasteiger partial charge in [-0.15, -0.1) is 0 Å². The summed E-state index contributed by atoms with van der Waals surface area (Å²) in [5.74, 6) is 1.77. The lowest BCUT2D eigenvalue weighted by molar-refractivity contribution is 0.212. The molecule has 0 fully saturated rings. The Bertz CT molecular complexity index is 1800. The molecule has 232 valence electrons. The van der Waals surface area contributed by atoms with Crippen molar-refractivity contribution in [2.45, 2.75) is 44.6 Å². The molecule has 0 aliphatic rings. The van der Waals surface area contributed by atoms with Gasteiger partial charge in [-0.1, -0.05) is 93.1 Å². The summed E-state index contributed by atoms with van der Waals surface area (Å²) in [7, 11) is -3.95. The van der Waals surface area contributed by atoms with Gasteiger partial charge >= 0.3 is 0 Å². The minimum Gasteiger partial charge on any atom is -0.490 e. The minimum absolute atomic E-state index is 0.0999. The van der Waals surface area contributed by atoms with Crippen LogP contribution in [0, 0.1) is 6.92 Å². The van der Waals surface area contributed by atoms with Crippen molar-refractivity contribution in [3.05, 3.63) is 126 Å². The van der Waals surface area contributed by atoms with Crippen molar-refractivity contribution in [3.8, 4) is 28.5 Å². The average Bonchev–Trinajstić information content (AvgIpc) is 3.03. The van der Waals surface area contributed by atoms with E-state index in [-0.39, 0.29) is 35.2 Å². The zero-order chi connectivity index (χ0) is 31.9. The fourth-order valence-corrected chi connectivity index (χ4v) is 5.55. The normalized spacial score (nSPS) is 11.6. The molecule has 5 rings (SSSR count). The van der Waals surface area contributed by atoms with E-state index in [2.05, 4.69) is 35.5 Å². The maximum atomic E-state index is 13.4. The Morgan fingerprint density at radius 1 is 0.711 bits per heavy atom. The standard InChI is InChI=1S/C36H37N3O5S/c1-26-10-12-28(13-11-26)33-34(39-45(40,41)32-20-14-29(15-21-32)36(2,3)4)37-25-38-35(33)43-23-22-42-30-16-18-31(19-17-30)44-24-27-8-6-5-7-9-27/h5-21,25H,22-24H2,1-4H3,(H,37,38,39). The van der Waals surface area contributed by atoms with Crippen molar-refractivity contribution in [1.82, 2.24) is 9.97 Å². The molecule has 0 amide bonds. The maximum absolute atomic E-state index is 13.4. The number of sulfonamides is 1. The van der Waals surface area contributed by atoms with Crippen LogP contribution in [0.5, 0.6) is 17.4 Å². The molecule has 9 heteroatoms. The summed E-state index contributed by atoms with van der Waals surface area (Å²) in [6.07, 6.45) is 1.28. The van der Waals surface area contributed by atoms with Crippen LogP contribution in [0.4, 0.5) is 5.82 Å². The Kier molecular flexibility index (Phi) is 9.68. The predicted molar refractivity (Wildman–Crippen MR) is 176 cm³/mol. The zero-order valence-corrected chi connectivity index (χ0v) is 26.7. The van der Waals surface area contributed by atoms with E-state index in [1.165, 1.54) is 6.33 Å². The average molecular weight is 624 g/mol. The summed E-state index contributed by atoms with van der Waals surface area (Å²) >= 11 is 0. The molecule has 1 N–H and O–H groups in total. The highest BCUT2D eigenvalue weighted by atomic mass is 32.2. The van der Waals surface area contributed by atoms with Crippen LogP contribution in [0.1, 0.15) is 37.5 Å². The molecule has 0 aliphatic heterocycles. The Labute approximate surface area is 265 Å². The number of hydrogen-bond donors (Lipinski definition) is 1. The predicted octanol–water partition coefficient (Wildman–Crippen LogP) is 7.59. The van der Waals surface area contributed by atoms with Crippen LogP contribution >= 0.6 is 0 Å². The first-order valence-corrected chi connectivity index (χ1v) is 16.1. The quantitative estimate of drug-likeness (QED) is 0.143. The Morgan fingerprint density at radius 3 is 1.98 bits per heavy atom. The van der Waals surface area contributed by atoms with Gasteiger partial charge in [0.15, 0.2) is 5.82 Å². The van der Waals surface area contributed by atoms with E-state index in [0.717, 1.165) is 22.4 Å². The number of aromatic nitrogens is 2. The van der Waals surface area contributed by atoms with E-state index in [4.69, 9.17) is 14.2 Å². The van der Waals surface area contributed by atoms with Crippen molar-refractivity contribution < 1.29 is 22.6 Å². The minimum atomic E-state index is -3.95. The summed E-state index contributed by atoms with van der Waals surface area (Å²) in [6.45, 7) is 9.11. The van der Waals surface area contributed by atoms with Crippen LogP contribution in [-0.4, -0.2) is 31.6 Å². The van der Waals surface area contributed by atoms with Crippen LogP contribution in [0.15, 0.2) is 114 Å². The molecule has 0 saturated heterocycles. The molecular formula is C36H37N3O5S. The molecular weight excluding hydrogens is 586 g/mol. The van der Waals surface area contributed by atoms with E-state index >= 15 is 0 Å². The van der Waals surface area contributed by atoms with Crippen LogP contribution in [0.3, 0.4) is 0 Å². The number of benzene rings is 4. The molecule has 0 radical (unpaired) electrons. The van der Waals surface area contributed by atoms with Crippen molar-refractivity contribution in [2.75, 3.05) is 17.9 Å². The van der Waals surface area contributed by atoms with E-state index in [0.29, 0.717) is 23.5 Å². The SMILES string of the molecule is Cc1ccc(-c2c(NS(=O)(=O)c3ccc(C(C)(C)C)cc3)ncnc2OCCOc2ccc(OCc3ccccc3)cc2)cc1. The van der Waals surface area contributed by atoms with Crippen molar-refractivity contribution in [2.24, 2.45) is 0 Å². The monoisotopic (exact) mass is 623 g/mol. The van der Waals surface area contributed by atoms with Crippen molar-refractivity contribution in [3.63, 3.8) is 0 Å². The van der Waals surface area contributed by atoms with Crippen LogP contribution in [0.25, 0.3) is 11.1 Å². The zero-order valence-electron chi connectivity index (χ0n) is 25.9. The summed E-state index contributed by atoms with van der Waals surface area (Å²) in [5.41, 5.74) is 4.24. The molecule has 1 heterocycles. The second-order valence-electron chi connectivity index (χ2n) is 11.6. The molecule has 1 aromatic heterocycles. The highest BCUT2D eigenvalue weighted by Crippen LogP contribution is 2.35. The molecule has 0 atom stereocenters. The van der Waals surface area contributed by atoms with Gasteiger partial charge in [-0.3, -0.25) is 4.72 Å². The van der Waals surface area contributed by atoms with Gasteiger partial charge in [-0.25, -0.2) is 18.4 Å². The third-order valence-electron chi connectivity index (χ3n) is 7.08. The molecule has 45 heavy (non-hydrogen) atoms. The number of rotatable bonds is 12. The smallest absolute Gasteiger partial charge is 0.263 e. The molecule has 8 nitrogen and oxygen atoms in total. The number of nitrogens with zero attached hydrogens (tertiary/aromatic N) is 2. The molecule has 0 spiro atoms. The summed E-state index contributed by atoms with van der Waals surface area (Å²) in [5, 5.41) is 0. The lowest BCUT2D eigenvalue weighted by Gasteiger charge is -2.19. The van der Waals surface area contributed by atoms with Gasteiger partial charge in [-0.2, -0.15) is 0 Å². The van der Waals surface area contributed by atoms with Gasteiger partial charge < -0.3 is 14.2 Å². The number of aryl methyl sites for hydroxylation is 1. The van der Waals surface area contributed by atoms with E-state index in [1.807, 2.05) is 97.9 Å². The third-order valence-corrected chi connectivity index (χ3v) is 8.43. The number of hydrogen-bond acceptors (Lipinski definition) is 7. The first-order chi connectivity index (χ1) is 21.6. The molecule has 0 saturated carbocycles. The molecule has 0 unspecified atom stereocenters. The fourth-order valence-electron chi connectivity index (χ4n) is 4.53. The van der Waals surface area contributed by atoms with Crippen molar-refractivity contribution >= 4 is 15.8 Å². The van der Waals surface area contributed by atoms with E-state index in [1.54, 1.807) is 12.1 Å². The second kappa shape index (κ2) is 13.8. The third kappa shape index (κ3) is 8.39. The summed E-state index contributed by atoms with van der Waals surface area (Å²) < 4.78 is 47.3. The first kappa shape index (κ1) is 31.5. The van der Waals surface area contributed by atoms with Crippen LogP contribution < -0.4 is 18.9 Å². The number of anilines is 1. The van der Waals surface area contributed by atoms with Gasteiger partial charge in [0, 0.05) is 0 Å². The molecule has 5 aromatic rings. The Hall–Kier alpha value is -4.89. The van der Waals surface area contributed by atoms with Crippen molar-refractivity contribution in [1.29, 1.82) is 0 Å². The summed E-state index contributed by atoms with van der Waals surface area (Å²) in [4.78, 5) is 8.78. The van der Waals surface area contributed by atoms with Gasteiger partial charge in [0.05, 0.1) is 10.5 Å². The lowest BCUT2D eigenvalue weighted by atomic mass is 9.87. The van der Waals surface area contributed by atoms with Gasteiger partial charge in [0.2, 0.25) is 5.88 Å². The Balaban J connectivity index is 1.27. The lowest BCUT2D eigenvalue weighted by Crippen LogP contribution is -2.17. The number of ether oxygens (including phenoxy) is 3. The van der Waals surface area contributed by atoms with Gasteiger partial charge in [-0.05, 0) is 65.4 Å². The van der Waals surface area contributed by atoms with E-state index < -0.39 is 10.0 Å². The second-order valence-corrected chi connectivity index (χ2v) is 13.3.